The van der Waals surface area contributed by atoms with Gasteiger partial charge in [-0.3, -0.25) is 14.6 Å². The Kier molecular flexibility index (Phi) is 30.4. The third-order valence-corrected chi connectivity index (χ3v) is 14.0. The van der Waals surface area contributed by atoms with Gasteiger partial charge in [0.2, 0.25) is 82.9 Å². The molecule has 93 heavy (non-hydrogen) atoms. The van der Waals surface area contributed by atoms with Crippen molar-refractivity contribution in [1.82, 2.24) is 95.0 Å². The normalized spacial score (nSPS) is 11.2. The van der Waals surface area contributed by atoms with Crippen molar-refractivity contribution in [3.8, 4) is 0 Å². The van der Waals surface area contributed by atoms with E-state index in [1.165, 1.54) is 35.3 Å². The van der Waals surface area contributed by atoms with Gasteiger partial charge in [0.15, 0.2) is 15.5 Å². The lowest BCUT2D eigenvalue weighted by atomic mass is 10.2. The average molecular weight is 1360 g/mol. The van der Waals surface area contributed by atoms with Gasteiger partial charge < -0.3 is 96.5 Å². The number of benzene rings is 1. The fourth-order valence-electron chi connectivity index (χ4n) is 7.32. The molecule has 500 valence electrons. The first-order valence-electron chi connectivity index (χ1n) is 29.4. The van der Waals surface area contributed by atoms with Crippen LogP contribution in [-0.4, -0.2) is 228 Å². The molecule has 0 amide bonds. The first-order chi connectivity index (χ1) is 45.3. The van der Waals surface area contributed by atoms with Gasteiger partial charge in [0, 0.05) is 109 Å². The van der Waals surface area contributed by atoms with E-state index in [1.54, 1.807) is 0 Å². The fraction of sp³-hybridized carbons (Fsp3) is 0.480. The van der Waals surface area contributed by atoms with Crippen molar-refractivity contribution < 1.29 is 19.8 Å². The lowest BCUT2D eigenvalue weighted by Crippen LogP contribution is -2.23. The Morgan fingerprint density at radius 2 is 0.796 bits per heavy atom. The number of carboxylic acid groups (broad SMARTS) is 2. The third kappa shape index (κ3) is 27.6. The number of hydrogen-bond acceptors (Lipinski definition) is 39. The zero-order valence-corrected chi connectivity index (χ0v) is 54.2. The molecule has 7 aromatic rings. The highest BCUT2D eigenvalue weighted by Crippen LogP contribution is 2.22. The highest BCUT2D eigenvalue weighted by molar-refractivity contribution is 7.99. The van der Waals surface area contributed by atoms with Crippen LogP contribution in [0.4, 0.5) is 77.3 Å². The number of H-pyrrole nitrogens is 1. The van der Waals surface area contributed by atoms with Crippen molar-refractivity contribution in [3.63, 3.8) is 0 Å². The van der Waals surface area contributed by atoms with Crippen molar-refractivity contribution in [1.29, 1.82) is 0 Å². The lowest BCUT2D eigenvalue weighted by Gasteiger charge is -2.13. The average Bonchev–Trinajstić information content (AvgIpc) is 1.52. The number of aromatic amines is 1. The van der Waals surface area contributed by atoms with Crippen LogP contribution in [0.15, 0.2) is 44.7 Å². The minimum Gasteiger partial charge on any atom is -0.481 e. The van der Waals surface area contributed by atoms with Gasteiger partial charge in [-0.2, -0.15) is 79.7 Å². The number of nitrogens with two attached hydrogens (primary N) is 3. The van der Waals surface area contributed by atoms with E-state index >= 15 is 0 Å². The number of nitrogens with one attached hydrogen (secondary N) is 14. The van der Waals surface area contributed by atoms with Crippen LogP contribution in [0.5, 0.6) is 0 Å². The van der Waals surface area contributed by atoms with Gasteiger partial charge in [-0.1, -0.05) is 72.9 Å². The zero-order valence-electron chi connectivity index (χ0n) is 51.0. The molecule has 0 saturated carbocycles. The molecule has 39 nitrogen and oxygen atoms in total. The number of halogens is 1. The SMILES string of the molecule is CCSc1nc(NCCNc2nc(NCCN)nc(NCCNc3nc(NCCN)nc(NCCC(=O)O)n3)n2)nc(NCCNc2nc(NCCNc3nc(CNCCN=c4nc(SCC)nc(N)[nH]4)nc(SCc4ccc(Cl)cc4)n3)nc(NCCC(=O)O)n2)n1. The summed E-state index contributed by atoms with van der Waals surface area (Å²) in [6.45, 7) is 9.73. The van der Waals surface area contributed by atoms with Gasteiger partial charge >= 0.3 is 11.9 Å². The molecule has 0 fully saturated rings. The first kappa shape index (κ1) is 71.1. The van der Waals surface area contributed by atoms with E-state index in [-0.39, 0.29) is 73.5 Å². The number of rotatable bonds is 46. The summed E-state index contributed by atoms with van der Waals surface area (Å²) in [7, 11) is 0. The van der Waals surface area contributed by atoms with Crippen molar-refractivity contribution in [2.45, 2.75) is 54.5 Å². The number of carbonyl (C=O) groups is 2. The number of anilines is 13. The van der Waals surface area contributed by atoms with Crippen LogP contribution in [0.3, 0.4) is 0 Å². The van der Waals surface area contributed by atoms with E-state index in [0.717, 1.165) is 17.1 Å². The molecule has 0 spiro atoms. The molecule has 0 aliphatic heterocycles. The molecular formula is C50H76ClN35O4S3. The van der Waals surface area contributed by atoms with Gasteiger partial charge in [-0.05, 0) is 29.2 Å². The Morgan fingerprint density at radius 1 is 0.452 bits per heavy atom. The van der Waals surface area contributed by atoms with Crippen LogP contribution in [-0.2, 0) is 21.9 Å². The van der Waals surface area contributed by atoms with Gasteiger partial charge in [-0.25, -0.2) is 9.98 Å². The summed E-state index contributed by atoms with van der Waals surface area (Å²) in [5.74, 6) is 4.18. The fourth-order valence-corrected chi connectivity index (χ4v) is 9.39. The number of thioether (sulfide) groups is 3. The quantitative estimate of drug-likeness (QED) is 0.0185. The number of aromatic nitrogens is 18. The van der Waals surface area contributed by atoms with Crippen molar-refractivity contribution >= 4 is 136 Å². The van der Waals surface area contributed by atoms with E-state index in [4.69, 9.17) is 38.9 Å². The van der Waals surface area contributed by atoms with Crippen LogP contribution in [0.2, 0.25) is 5.02 Å². The van der Waals surface area contributed by atoms with E-state index in [0.29, 0.717) is 166 Å². The second-order valence-electron chi connectivity index (χ2n) is 18.7. The number of nitrogens with zero attached hydrogens (tertiary/aromatic N) is 18. The Morgan fingerprint density at radius 3 is 1.17 bits per heavy atom. The van der Waals surface area contributed by atoms with Crippen LogP contribution in [0, 0.1) is 0 Å². The topological polar surface area (TPSA) is 556 Å². The van der Waals surface area contributed by atoms with E-state index < -0.39 is 11.9 Å². The second kappa shape index (κ2) is 39.8. The molecule has 0 saturated heterocycles. The Hall–Kier alpha value is -9.36. The van der Waals surface area contributed by atoms with Gasteiger partial charge in [0.05, 0.1) is 25.9 Å². The first-order valence-corrected chi connectivity index (χ1v) is 32.7. The molecule has 0 aliphatic carbocycles. The molecule has 6 aromatic heterocycles. The van der Waals surface area contributed by atoms with E-state index in [1.807, 2.05) is 38.1 Å². The second-order valence-corrected chi connectivity index (χ2v) is 22.5. The van der Waals surface area contributed by atoms with Gasteiger partial charge in [-0.15, -0.1) is 0 Å². The molecular weight excluding hydrogens is 1290 g/mol. The molecule has 22 N–H and O–H groups in total. The highest BCUT2D eigenvalue weighted by atomic mass is 35.5. The summed E-state index contributed by atoms with van der Waals surface area (Å²) in [5, 5.41) is 61.6. The summed E-state index contributed by atoms with van der Waals surface area (Å²) >= 11 is 10.5. The standard InChI is InChI=1S/C50H76ClN35O4S3/c1-3-91-49-72-34(54)71-36(84-49)60-18-17-55-27-31-69-35(83-48(70-31)93-28-29-5-7-30(51)8-6-29)61-19-20-62-42-75-38(57-14-10-33(89)90)76-43(80-42)65-23-25-67-46-82-47(86-50(85-46)92-4-2)68-26-24-66-45-79-40(59-16-12-53)78-44(81-45)64-22-21-63-41-74-37(56-13-9-32(87)88)73-39(77-41)58-15-11-52/h5-8,55H,3-4,9-28,52-53H2,1-2H3,(H,87,88)(H,89,90)(H,61,69,70,83)(H3,54,60,71,72,84)(H2,67,68,82,85,86)(H3,56,58,63,73,74,77)(H3,57,62,65,75,76,80)(H3,59,64,66,78,79,81). The molecule has 0 atom stereocenters. The molecule has 43 heteroatoms. The van der Waals surface area contributed by atoms with Gasteiger partial charge in [0.1, 0.15) is 5.82 Å². The Balaban J connectivity index is 0.906. The molecule has 1 aromatic carbocycles. The van der Waals surface area contributed by atoms with Gasteiger partial charge in [0.25, 0.3) is 0 Å². The lowest BCUT2D eigenvalue weighted by molar-refractivity contribution is -0.137. The molecule has 6 heterocycles. The van der Waals surface area contributed by atoms with Crippen LogP contribution < -0.4 is 91.9 Å². The van der Waals surface area contributed by atoms with Crippen molar-refractivity contribution in [3.05, 3.63) is 46.3 Å². The summed E-state index contributed by atoms with van der Waals surface area (Å²) in [6.07, 6.45) is -0.276. The monoisotopic (exact) mass is 1360 g/mol. The maximum atomic E-state index is 11.4. The number of aliphatic carboxylic acids is 2. The highest BCUT2D eigenvalue weighted by Gasteiger charge is 2.14. The summed E-state index contributed by atoms with van der Waals surface area (Å²) in [4.78, 5) is 106. The summed E-state index contributed by atoms with van der Waals surface area (Å²) < 4.78 is 0. The number of carboxylic acids is 2. The zero-order chi connectivity index (χ0) is 65.8. The van der Waals surface area contributed by atoms with E-state index in [9.17, 15) is 14.7 Å². The van der Waals surface area contributed by atoms with Crippen molar-refractivity contribution in [2.24, 2.45) is 16.5 Å². The number of nitrogen functional groups attached to an aromatic ring is 1. The summed E-state index contributed by atoms with van der Waals surface area (Å²) in [5.41, 5.74) is 18.8. The minimum atomic E-state index is -0.980. The largest absolute Gasteiger partial charge is 0.481 e. The predicted octanol–water partition coefficient (Wildman–Crippen LogP) is 0.782. The maximum Gasteiger partial charge on any atom is 0.305 e. The summed E-state index contributed by atoms with van der Waals surface area (Å²) in [6, 6.07) is 7.58. The molecule has 0 aliphatic rings. The maximum absolute atomic E-state index is 11.4. The van der Waals surface area contributed by atoms with E-state index in [2.05, 4.69) is 159 Å². The van der Waals surface area contributed by atoms with Crippen LogP contribution >= 0.6 is 46.9 Å². The molecule has 7 rings (SSSR count). The minimum absolute atomic E-state index is 0.0789. The molecule has 0 radical (unpaired) electrons. The third-order valence-electron chi connectivity index (χ3n) is 11.4. The Labute approximate surface area is 551 Å². The van der Waals surface area contributed by atoms with Crippen LogP contribution in [0.25, 0.3) is 0 Å². The molecule has 0 unspecified atom stereocenters. The van der Waals surface area contributed by atoms with Crippen molar-refractivity contribution in [2.75, 3.05) is 186 Å². The molecule has 0 bridgehead atoms. The Bertz CT molecular complexity index is 3510. The smallest absolute Gasteiger partial charge is 0.305 e. The predicted molar refractivity (Wildman–Crippen MR) is 360 cm³/mol. The van der Waals surface area contributed by atoms with Crippen LogP contribution in [0.1, 0.15) is 38.1 Å². The number of hydrogen-bond donors (Lipinski definition) is 19.